The third kappa shape index (κ3) is 2.45. The fraction of sp³-hybridized carbons (Fsp3) is 0.778. The molecule has 2 heterocycles. The van der Waals surface area contributed by atoms with Crippen LogP contribution in [0.15, 0.2) is 6.20 Å². The van der Waals surface area contributed by atoms with Gasteiger partial charge in [-0.15, -0.1) is 5.10 Å². The Kier molecular flexibility index (Phi) is 3.69. The zero-order chi connectivity index (χ0) is 12.4. The molecule has 0 aromatic carbocycles. The lowest BCUT2D eigenvalue weighted by atomic mass is 10.0. The maximum absolute atomic E-state index is 9.73. The molecule has 1 aromatic rings. The molecule has 0 radical (unpaired) electrons. The Morgan fingerprint density at radius 2 is 2.12 bits per heavy atom. The molecule has 4 unspecified atom stereocenters. The van der Waals surface area contributed by atoms with Crippen molar-refractivity contribution >= 4 is 0 Å². The number of aromatic nitrogens is 3. The van der Waals surface area contributed by atoms with Crippen molar-refractivity contribution < 1.29 is 25.2 Å². The van der Waals surface area contributed by atoms with Gasteiger partial charge in [0.2, 0.25) is 0 Å². The van der Waals surface area contributed by atoms with Crippen LogP contribution < -0.4 is 0 Å². The Balaban J connectivity index is 2.10. The summed E-state index contributed by atoms with van der Waals surface area (Å²) in [4.78, 5) is 0. The second-order valence-electron chi connectivity index (χ2n) is 3.94. The van der Waals surface area contributed by atoms with E-state index in [-0.39, 0.29) is 13.2 Å². The molecular weight excluding hydrogens is 230 g/mol. The quantitative estimate of drug-likeness (QED) is 0.461. The van der Waals surface area contributed by atoms with Gasteiger partial charge in [0.15, 0.2) is 6.23 Å². The highest BCUT2D eigenvalue weighted by Gasteiger charge is 2.39. The lowest BCUT2D eigenvalue weighted by Gasteiger charge is -2.34. The van der Waals surface area contributed by atoms with Crippen molar-refractivity contribution in [1.29, 1.82) is 0 Å². The first kappa shape index (κ1) is 12.4. The summed E-state index contributed by atoms with van der Waals surface area (Å²) in [6, 6.07) is 0. The maximum Gasteiger partial charge on any atom is 0.180 e. The van der Waals surface area contributed by atoms with E-state index in [4.69, 9.17) is 9.84 Å². The van der Waals surface area contributed by atoms with E-state index in [1.54, 1.807) is 0 Å². The van der Waals surface area contributed by atoms with Crippen molar-refractivity contribution in [3.8, 4) is 0 Å². The molecule has 4 atom stereocenters. The van der Waals surface area contributed by atoms with Gasteiger partial charge in [-0.25, -0.2) is 4.68 Å². The number of hydrogen-bond acceptors (Lipinski definition) is 7. The summed E-state index contributed by atoms with van der Waals surface area (Å²) < 4.78 is 6.46. The number of aliphatic hydroxyl groups excluding tert-OH is 4. The van der Waals surface area contributed by atoms with Crippen molar-refractivity contribution in [2.24, 2.45) is 0 Å². The summed E-state index contributed by atoms with van der Waals surface area (Å²) in [5, 5.41) is 44.8. The van der Waals surface area contributed by atoms with E-state index in [1.165, 1.54) is 10.9 Å². The van der Waals surface area contributed by atoms with Gasteiger partial charge in [0, 0.05) is 13.0 Å². The van der Waals surface area contributed by atoms with Gasteiger partial charge in [0.05, 0.1) is 18.5 Å². The van der Waals surface area contributed by atoms with Gasteiger partial charge in [-0.05, 0) is 0 Å². The van der Waals surface area contributed by atoms with Crippen LogP contribution in [0.4, 0.5) is 0 Å². The summed E-state index contributed by atoms with van der Waals surface area (Å²) in [7, 11) is 0. The molecule has 0 amide bonds. The third-order valence-corrected chi connectivity index (χ3v) is 2.66. The summed E-state index contributed by atoms with van der Waals surface area (Å²) >= 11 is 0. The number of rotatable bonds is 3. The lowest BCUT2D eigenvalue weighted by Crippen LogP contribution is -2.50. The minimum absolute atomic E-state index is 0.0475. The van der Waals surface area contributed by atoms with Crippen molar-refractivity contribution in [2.45, 2.75) is 31.0 Å². The molecule has 4 N–H and O–H groups in total. The fourth-order valence-electron chi connectivity index (χ4n) is 1.69. The Hall–Kier alpha value is -1.06. The summed E-state index contributed by atoms with van der Waals surface area (Å²) in [5.41, 5.74) is 0.559. The highest BCUT2D eigenvalue weighted by atomic mass is 16.5. The SMILES string of the molecule is OCCc1cn(C2OCC(O)C(O)C2O)nn1. The molecule has 17 heavy (non-hydrogen) atoms. The van der Waals surface area contributed by atoms with Crippen LogP contribution in [0.2, 0.25) is 0 Å². The first-order valence-corrected chi connectivity index (χ1v) is 5.31. The normalized spacial score (nSPS) is 33.9. The standard InChI is InChI=1S/C9H15N3O5/c13-2-1-5-3-12(11-10-5)9-8(16)7(15)6(14)4-17-9/h3,6-9,13-16H,1-2,4H2. The van der Waals surface area contributed by atoms with Crippen LogP contribution in [-0.2, 0) is 11.2 Å². The van der Waals surface area contributed by atoms with Gasteiger partial charge >= 0.3 is 0 Å². The third-order valence-electron chi connectivity index (χ3n) is 2.66. The number of aliphatic hydroxyl groups is 4. The Morgan fingerprint density at radius 1 is 1.35 bits per heavy atom. The molecule has 0 bridgehead atoms. The molecule has 1 fully saturated rings. The summed E-state index contributed by atoms with van der Waals surface area (Å²) in [6.07, 6.45) is -2.67. The van der Waals surface area contributed by atoms with Crippen molar-refractivity contribution in [3.63, 3.8) is 0 Å². The molecule has 0 saturated carbocycles. The molecule has 1 aliphatic heterocycles. The van der Waals surface area contributed by atoms with Crippen molar-refractivity contribution in [3.05, 3.63) is 11.9 Å². The van der Waals surface area contributed by atoms with E-state index in [1.807, 2.05) is 0 Å². The van der Waals surface area contributed by atoms with E-state index in [0.717, 1.165) is 0 Å². The van der Waals surface area contributed by atoms with Crippen LogP contribution in [-0.4, -0.2) is 66.9 Å². The first-order valence-electron chi connectivity index (χ1n) is 5.31. The van der Waals surface area contributed by atoms with Gasteiger partial charge in [-0.2, -0.15) is 0 Å². The van der Waals surface area contributed by atoms with Crippen molar-refractivity contribution in [1.82, 2.24) is 15.0 Å². The van der Waals surface area contributed by atoms with Crippen LogP contribution in [0.25, 0.3) is 0 Å². The van der Waals surface area contributed by atoms with E-state index in [2.05, 4.69) is 10.3 Å². The van der Waals surface area contributed by atoms with Gasteiger partial charge in [-0.1, -0.05) is 5.21 Å². The second kappa shape index (κ2) is 5.07. The Morgan fingerprint density at radius 3 is 2.82 bits per heavy atom. The van der Waals surface area contributed by atoms with Crippen LogP contribution >= 0.6 is 0 Å². The first-order chi connectivity index (χ1) is 8.13. The monoisotopic (exact) mass is 245 g/mol. The molecular formula is C9H15N3O5. The largest absolute Gasteiger partial charge is 0.396 e. The maximum atomic E-state index is 9.73. The highest BCUT2D eigenvalue weighted by molar-refractivity contribution is 4.95. The van der Waals surface area contributed by atoms with Gasteiger partial charge in [0.25, 0.3) is 0 Å². The molecule has 8 heteroatoms. The molecule has 0 spiro atoms. The van der Waals surface area contributed by atoms with Gasteiger partial charge < -0.3 is 25.2 Å². The van der Waals surface area contributed by atoms with Gasteiger partial charge in [-0.3, -0.25) is 0 Å². The Bertz CT molecular complexity index is 371. The topological polar surface area (TPSA) is 121 Å². The molecule has 8 nitrogen and oxygen atoms in total. The van der Waals surface area contributed by atoms with Crippen LogP contribution in [0.1, 0.15) is 11.9 Å². The number of hydrogen-bond donors (Lipinski definition) is 4. The minimum atomic E-state index is -1.28. The van der Waals surface area contributed by atoms with Crippen LogP contribution in [0.5, 0.6) is 0 Å². The van der Waals surface area contributed by atoms with Crippen molar-refractivity contribution in [2.75, 3.05) is 13.2 Å². The van der Waals surface area contributed by atoms with Crippen LogP contribution in [0.3, 0.4) is 0 Å². The fourth-order valence-corrected chi connectivity index (χ4v) is 1.69. The number of ether oxygens (including phenoxy) is 1. The minimum Gasteiger partial charge on any atom is -0.396 e. The van der Waals surface area contributed by atoms with E-state index >= 15 is 0 Å². The average Bonchev–Trinajstić information content (AvgIpc) is 2.75. The Labute approximate surface area is 97.1 Å². The number of nitrogens with zero attached hydrogens (tertiary/aromatic N) is 3. The van der Waals surface area contributed by atoms with E-state index in [0.29, 0.717) is 12.1 Å². The smallest absolute Gasteiger partial charge is 0.180 e. The predicted octanol–water partition coefficient (Wildman–Crippen LogP) is -2.58. The molecule has 0 aliphatic carbocycles. The average molecular weight is 245 g/mol. The van der Waals surface area contributed by atoms with E-state index in [9.17, 15) is 15.3 Å². The summed E-state index contributed by atoms with van der Waals surface area (Å²) in [5.74, 6) is 0. The second-order valence-corrected chi connectivity index (χ2v) is 3.94. The van der Waals surface area contributed by atoms with Crippen LogP contribution in [0, 0.1) is 0 Å². The zero-order valence-electron chi connectivity index (χ0n) is 9.05. The predicted molar refractivity (Wildman–Crippen MR) is 53.8 cm³/mol. The summed E-state index contributed by atoms with van der Waals surface area (Å²) in [6.45, 7) is -0.133. The molecule has 1 saturated heterocycles. The van der Waals surface area contributed by atoms with Gasteiger partial charge in [0.1, 0.15) is 18.3 Å². The lowest BCUT2D eigenvalue weighted by molar-refractivity contribution is -0.214. The van der Waals surface area contributed by atoms with E-state index < -0.39 is 24.5 Å². The highest BCUT2D eigenvalue weighted by Crippen LogP contribution is 2.23. The molecule has 1 aromatic heterocycles. The molecule has 2 rings (SSSR count). The molecule has 96 valence electrons. The zero-order valence-corrected chi connectivity index (χ0v) is 9.05. The molecule has 1 aliphatic rings.